The summed E-state index contributed by atoms with van der Waals surface area (Å²) in [5.41, 5.74) is 1.43. The fourth-order valence-corrected chi connectivity index (χ4v) is 6.88. The SMILES string of the molecule is CC(C)(O)C(C#N)NC(=O)C1CCCCC1c1oc(-c2ccc(F)cc2)nc1-c1ccc(N2CCS(=O)(=O)CC2)cc1. The van der Waals surface area contributed by atoms with Crippen LogP contribution in [0.5, 0.6) is 0 Å². The molecular formula is C31H35FN4O5S. The number of hydrogen-bond acceptors (Lipinski definition) is 8. The number of nitrogens with one attached hydrogen (secondary N) is 1. The van der Waals surface area contributed by atoms with Gasteiger partial charge in [-0.2, -0.15) is 5.26 Å². The normalized spacial score (nSPS) is 21.4. The van der Waals surface area contributed by atoms with E-state index in [1.54, 1.807) is 12.1 Å². The summed E-state index contributed by atoms with van der Waals surface area (Å²) in [5, 5.41) is 22.7. The Hall–Kier alpha value is -3.75. The van der Waals surface area contributed by atoms with Crippen molar-refractivity contribution in [2.45, 2.75) is 57.1 Å². The van der Waals surface area contributed by atoms with Crippen molar-refractivity contribution in [3.05, 3.63) is 60.1 Å². The number of sulfone groups is 1. The molecule has 2 aliphatic rings. The van der Waals surface area contributed by atoms with Crippen LogP contribution < -0.4 is 10.2 Å². The zero-order valence-corrected chi connectivity index (χ0v) is 24.5. The van der Waals surface area contributed by atoms with E-state index < -0.39 is 27.4 Å². The van der Waals surface area contributed by atoms with Crippen LogP contribution in [-0.2, 0) is 14.6 Å². The second-order valence-corrected chi connectivity index (χ2v) is 13.9. The summed E-state index contributed by atoms with van der Waals surface area (Å²) in [6.07, 6.45) is 2.97. The molecule has 2 aromatic carbocycles. The average Bonchev–Trinajstić information content (AvgIpc) is 3.41. The second kappa shape index (κ2) is 11.9. The third-order valence-corrected chi connectivity index (χ3v) is 9.77. The molecule has 2 N–H and O–H groups in total. The van der Waals surface area contributed by atoms with E-state index in [0.717, 1.165) is 24.1 Å². The lowest BCUT2D eigenvalue weighted by atomic mass is 9.76. The Kier molecular flexibility index (Phi) is 8.39. The summed E-state index contributed by atoms with van der Waals surface area (Å²) in [4.78, 5) is 20.4. The molecule has 1 aromatic heterocycles. The molecule has 11 heteroatoms. The fraction of sp³-hybridized carbons (Fsp3) is 0.452. The maximum Gasteiger partial charge on any atom is 0.226 e. The largest absolute Gasteiger partial charge is 0.440 e. The molecule has 3 unspecified atom stereocenters. The van der Waals surface area contributed by atoms with Crippen molar-refractivity contribution in [1.82, 2.24) is 10.3 Å². The molecule has 9 nitrogen and oxygen atoms in total. The van der Waals surface area contributed by atoms with Crippen LogP contribution in [0.3, 0.4) is 0 Å². The minimum atomic E-state index is -3.00. The number of nitrogens with zero attached hydrogens (tertiary/aromatic N) is 3. The summed E-state index contributed by atoms with van der Waals surface area (Å²) in [5.74, 6) is -0.445. The third kappa shape index (κ3) is 6.50. The van der Waals surface area contributed by atoms with Crippen molar-refractivity contribution in [2.75, 3.05) is 29.5 Å². The number of oxazole rings is 1. The maximum absolute atomic E-state index is 13.7. The van der Waals surface area contributed by atoms with E-state index in [2.05, 4.69) is 5.32 Å². The van der Waals surface area contributed by atoms with Crippen LogP contribution in [0, 0.1) is 23.1 Å². The van der Waals surface area contributed by atoms with E-state index >= 15 is 0 Å². The van der Waals surface area contributed by atoms with Crippen molar-refractivity contribution < 1.29 is 27.1 Å². The molecule has 3 aromatic rings. The lowest BCUT2D eigenvalue weighted by Gasteiger charge is -2.32. The number of nitriles is 1. The van der Waals surface area contributed by atoms with Crippen LogP contribution in [-0.4, -0.2) is 60.7 Å². The molecular weight excluding hydrogens is 559 g/mol. The van der Waals surface area contributed by atoms with Gasteiger partial charge in [-0.3, -0.25) is 4.79 Å². The van der Waals surface area contributed by atoms with E-state index in [9.17, 15) is 28.0 Å². The summed E-state index contributed by atoms with van der Waals surface area (Å²) >= 11 is 0. The van der Waals surface area contributed by atoms with Gasteiger partial charge in [0.05, 0.1) is 23.2 Å². The third-order valence-electron chi connectivity index (χ3n) is 8.16. The number of amides is 1. The minimum Gasteiger partial charge on any atom is -0.440 e. The lowest BCUT2D eigenvalue weighted by molar-refractivity contribution is -0.128. The predicted octanol–water partition coefficient (Wildman–Crippen LogP) is 4.44. The van der Waals surface area contributed by atoms with Crippen LogP contribution in [0.2, 0.25) is 0 Å². The van der Waals surface area contributed by atoms with Crippen molar-refractivity contribution in [1.29, 1.82) is 5.26 Å². The number of aliphatic hydroxyl groups is 1. The molecule has 2 fully saturated rings. The van der Waals surface area contributed by atoms with Gasteiger partial charge in [0.2, 0.25) is 11.8 Å². The maximum atomic E-state index is 13.7. The van der Waals surface area contributed by atoms with Gasteiger partial charge >= 0.3 is 0 Å². The Morgan fingerprint density at radius 3 is 2.33 bits per heavy atom. The van der Waals surface area contributed by atoms with Crippen LogP contribution in [0.1, 0.15) is 51.2 Å². The van der Waals surface area contributed by atoms with Crippen LogP contribution in [0.4, 0.5) is 10.1 Å². The quantitative estimate of drug-likeness (QED) is 0.410. The fourth-order valence-electron chi connectivity index (χ4n) is 5.68. The van der Waals surface area contributed by atoms with Crippen molar-refractivity contribution >= 4 is 21.4 Å². The smallest absolute Gasteiger partial charge is 0.226 e. The molecule has 42 heavy (non-hydrogen) atoms. The number of benzene rings is 2. The zero-order chi connectivity index (χ0) is 30.1. The first-order chi connectivity index (χ1) is 19.9. The average molecular weight is 595 g/mol. The first-order valence-corrected chi connectivity index (χ1v) is 16.0. The van der Waals surface area contributed by atoms with E-state index in [4.69, 9.17) is 9.40 Å². The van der Waals surface area contributed by atoms with Gasteiger partial charge in [0.15, 0.2) is 9.84 Å². The number of anilines is 1. The Labute approximate surface area is 245 Å². The number of carbonyl (C=O) groups excluding carboxylic acids is 1. The topological polar surface area (TPSA) is 137 Å². The van der Waals surface area contributed by atoms with Gasteiger partial charge in [-0.15, -0.1) is 0 Å². The molecule has 2 heterocycles. The van der Waals surface area contributed by atoms with E-state index in [1.165, 1.54) is 26.0 Å². The predicted molar refractivity (Wildman–Crippen MR) is 157 cm³/mol. The van der Waals surface area contributed by atoms with Gasteiger partial charge < -0.3 is 19.7 Å². The summed E-state index contributed by atoms with van der Waals surface area (Å²) < 4.78 is 43.8. The monoisotopic (exact) mass is 594 g/mol. The number of hydrogen-bond donors (Lipinski definition) is 2. The molecule has 0 radical (unpaired) electrons. The second-order valence-electron chi connectivity index (χ2n) is 11.6. The van der Waals surface area contributed by atoms with Gasteiger partial charge in [0.25, 0.3) is 0 Å². The Bertz CT molecular complexity index is 1560. The van der Waals surface area contributed by atoms with Crippen LogP contribution >= 0.6 is 0 Å². The van der Waals surface area contributed by atoms with E-state index in [0.29, 0.717) is 48.8 Å². The van der Waals surface area contributed by atoms with Crippen LogP contribution in [0.15, 0.2) is 52.9 Å². The highest BCUT2D eigenvalue weighted by Crippen LogP contribution is 2.44. The first-order valence-electron chi connectivity index (χ1n) is 14.2. The number of aromatic nitrogens is 1. The minimum absolute atomic E-state index is 0.120. The Balaban J connectivity index is 1.50. The standard InChI is InChI=1S/C31H35FN4O5S/c1-31(2,38)26(19-33)34-29(37)25-6-4-3-5-24(25)28-27(35-30(41-28)21-7-11-22(32)12-8-21)20-9-13-23(14-10-20)36-15-17-42(39,40)18-16-36/h7-14,24-26,38H,3-6,15-18H2,1-2H3,(H,34,37). The lowest BCUT2D eigenvalue weighted by Crippen LogP contribution is -2.51. The molecule has 3 atom stereocenters. The molecule has 1 saturated carbocycles. The summed E-state index contributed by atoms with van der Waals surface area (Å²) in [6, 6.07) is 14.4. The Morgan fingerprint density at radius 2 is 1.71 bits per heavy atom. The van der Waals surface area contributed by atoms with Gasteiger partial charge in [0, 0.05) is 41.7 Å². The van der Waals surface area contributed by atoms with Gasteiger partial charge in [-0.25, -0.2) is 17.8 Å². The van der Waals surface area contributed by atoms with E-state index in [-0.39, 0.29) is 29.1 Å². The number of carbonyl (C=O) groups is 1. The van der Waals surface area contributed by atoms with E-state index in [1.807, 2.05) is 35.2 Å². The van der Waals surface area contributed by atoms with Gasteiger partial charge in [0.1, 0.15) is 23.3 Å². The molecule has 0 spiro atoms. The van der Waals surface area contributed by atoms with Crippen molar-refractivity contribution in [3.63, 3.8) is 0 Å². The molecule has 1 aliphatic carbocycles. The number of rotatable bonds is 7. The molecule has 1 saturated heterocycles. The molecule has 1 aliphatic heterocycles. The molecule has 5 rings (SSSR count). The molecule has 0 bridgehead atoms. The van der Waals surface area contributed by atoms with Crippen molar-refractivity contribution in [2.24, 2.45) is 5.92 Å². The summed E-state index contributed by atoms with van der Waals surface area (Å²) in [6.45, 7) is 3.82. The highest BCUT2D eigenvalue weighted by molar-refractivity contribution is 7.91. The summed E-state index contributed by atoms with van der Waals surface area (Å²) in [7, 11) is -3.00. The molecule has 1 amide bonds. The van der Waals surface area contributed by atoms with Crippen molar-refractivity contribution in [3.8, 4) is 28.8 Å². The Morgan fingerprint density at radius 1 is 1.10 bits per heavy atom. The highest BCUT2D eigenvalue weighted by atomic mass is 32.2. The van der Waals surface area contributed by atoms with Gasteiger partial charge in [-0.1, -0.05) is 25.0 Å². The highest BCUT2D eigenvalue weighted by Gasteiger charge is 2.39. The van der Waals surface area contributed by atoms with Crippen LogP contribution in [0.25, 0.3) is 22.7 Å². The first kappa shape index (κ1) is 29.7. The number of halogens is 1. The van der Waals surface area contributed by atoms with Gasteiger partial charge in [-0.05, 0) is 63.1 Å². The zero-order valence-electron chi connectivity index (χ0n) is 23.7. The molecule has 222 valence electrons.